The number of aromatic nitrogens is 2. The summed E-state index contributed by atoms with van der Waals surface area (Å²) in [4.78, 5) is 26.7. The number of hydrogen-bond acceptors (Lipinski definition) is 7. The van der Waals surface area contributed by atoms with E-state index < -0.39 is 4.92 Å². The van der Waals surface area contributed by atoms with E-state index in [1.807, 2.05) is 24.1 Å². The third-order valence-electron chi connectivity index (χ3n) is 4.79. The molecule has 8 nitrogen and oxygen atoms in total. The number of nitro groups is 1. The fraction of sp³-hybridized carbons (Fsp3) is 0.389. The molecule has 26 heavy (non-hydrogen) atoms. The minimum Gasteiger partial charge on any atom is -0.364 e. The van der Waals surface area contributed by atoms with Crippen molar-refractivity contribution >= 4 is 23.0 Å². The molecule has 3 rings (SSSR count). The zero-order valence-electron chi connectivity index (χ0n) is 14.8. The maximum Gasteiger partial charge on any atom is 0.293 e. The van der Waals surface area contributed by atoms with Gasteiger partial charge in [-0.15, -0.1) is 5.10 Å². The first-order valence-corrected chi connectivity index (χ1v) is 8.52. The van der Waals surface area contributed by atoms with Crippen LogP contribution in [0.5, 0.6) is 0 Å². The van der Waals surface area contributed by atoms with Crippen LogP contribution in [0, 0.1) is 10.1 Å². The van der Waals surface area contributed by atoms with Gasteiger partial charge in [0.15, 0.2) is 11.6 Å². The molecule has 0 amide bonds. The topological polar surface area (TPSA) is 92.5 Å². The van der Waals surface area contributed by atoms with E-state index in [0.717, 1.165) is 25.2 Å². The molecule has 136 valence electrons. The fourth-order valence-electron chi connectivity index (χ4n) is 3.32. The summed E-state index contributed by atoms with van der Waals surface area (Å²) in [5.41, 5.74) is 0.821. The average Bonchev–Trinajstić information content (AvgIpc) is 2.67. The van der Waals surface area contributed by atoms with Crippen LogP contribution in [0.15, 0.2) is 36.5 Å². The van der Waals surface area contributed by atoms with Gasteiger partial charge >= 0.3 is 0 Å². The molecule has 2 heterocycles. The monoisotopic (exact) mass is 355 g/mol. The molecule has 1 unspecified atom stereocenters. The van der Waals surface area contributed by atoms with Crippen molar-refractivity contribution in [3.05, 3.63) is 52.2 Å². The van der Waals surface area contributed by atoms with Crippen molar-refractivity contribution in [1.29, 1.82) is 0 Å². The molecular formula is C18H21N5O3. The highest BCUT2D eigenvalue weighted by Gasteiger charge is 2.28. The number of carbonyl (C=O) groups is 1. The van der Waals surface area contributed by atoms with E-state index in [-0.39, 0.29) is 17.5 Å². The second-order valence-corrected chi connectivity index (χ2v) is 6.45. The van der Waals surface area contributed by atoms with Crippen molar-refractivity contribution in [1.82, 2.24) is 10.2 Å². The van der Waals surface area contributed by atoms with E-state index in [1.54, 1.807) is 18.3 Å². The van der Waals surface area contributed by atoms with Crippen LogP contribution in [0.2, 0.25) is 0 Å². The third kappa shape index (κ3) is 3.63. The van der Waals surface area contributed by atoms with Gasteiger partial charge in [0.1, 0.15) is 5.69 Å². The quantitative estimate of drug-likeness (QED) is 0.462. The minimum absolute atomic E-state index is 0.0446. The number of Topliss-reactive ketones (excluding diaryl/α,β-unsaturated/α-hetero) is 1. The highest BCUT2D eigenvalue weighted by atomic mass is 16.6. The standard InChI is InChI=1S/C18H21N5O3/c1-13(24)14-7-8-16(17(11-14)23(25)26)21(2)15-5-4-10-22(12-15)18-6-3-9-19-20-18/h3,6-9,11,15H,4-5,10,12H2,1-2H3. The number of nitro benzene ring substituents is 1. The number of carbonyl (C=O) groups excluding carboxylic acids is 1. The maximum absolute atomic E-state index is 11.5. The molecule has 0 saturated carbocycles. The van der Waals surface area contributed by atoms with Gasteiger partial charge < -0.3 is 9.80 Å². The summed E-state index contributed by atoms with van der Waals surface area (Å²) >= 11 is 0. The number of anilines is 2. The molecule has 1 aliphatic heterocycles. The van der Waals surface area contributed by atoms with Gasteiger partial charge in [-0.2, -0.15) is 5.10 Å². The Kier molecular flexibility index (Phi) is 5.11. The zero-order valence-corrected chi connectivity index (χ0v) is 14.8. The minimum atomic E-state index is -0.429. The predicted molar refractivity (Wildman–Crippen MR) is 98.8 cm³/mol. The van der Waals surface area contributed by atoms with Crippen LogP contribution in [-0.2, 0) is 0 Å². The Morgan fingerprint density at radius 2 is 2.19 bits per heavy atom. The summed E-state index contributed by atoms with van der Waals surface area (Å²) in [7, 11) is 1.86. The third-order valence-corrected chi connectivity index (χ3v) is 4.79. The second-order valence-electron chi connectivity index (χ2n) is 6.45. The van der Waals surface area contributed by atoms with E-state index in [4.69, 9.17) is 0 Å². The van der Waals surface area contributed by atoms with Crippen LogP contribution in [0.25, 0.3) is 0 Å². The number of nitrogens with zero attached hydrogens (tertiary/aromatic N) is 5. The van der Waals surface area contributed by atoms with E-state index in [0.29, 0.717) is 17.8 Å². The van der Waals surface area contributed by atoms with E-state index in [1.165, 1.54) is 13.0 Å². The first-order valence-electron chi connectivity index (χ1n) is 8.52. The van der Waals surface area contributed by atoms with Crippen LogP contribution < -0.4 is 9.80 Å². The lowest BCUT2D eigenvalue weighted by Gasteiger charge is -2.38. The number of rotatable bonds is 5. The van der Waals surface area contributed by atoms with Gasteiger partial charge in [-0.05, 0) is 44.0 Å². The van der Waals surface area contributed by atoms with E-state index in [9.17, 15) is 14.9 Å². The van der Waals surface area contributed by atoms with E-state index >= 15 is 0 Å². The van der Waals surface area contributed by atoms with Crippen molar-refractivity contribution in [3.63, 3.8) is 0 Å². The van der Waals surface area contributed by atoms with Crippen molar-refractivity contribution in [2.75, 3.05) is 29.9 Å². The van der Waals surface area contributed by atoms with Crippen LogP contribution in [-0.4, -0.2) is 47.1 Å². The molecule has 1 atom stereocenters. The lowest BCUT2D eigenvalue weighted by Crippen LogP contribution is -2.47. The van der Waals surface area contributed by atoms with Crippen LogP contribution >= 0.6 is 0 Å². The number of benzene rings is 1. The Labute approximate surface area is 151 Å². The van der Waals surface area contributed by atoms with Gasteiger partial charge in [0, 0.05) is 44.0 Å². The summed E-state index contributed by atoms with van der Waals surface area (Å²) in [6, 6.07) is 8.53. The van der Waals surface area contributed by atoms with Crippen LogP contribution in [0.1, 0.15) is 30.1 Å². The second kappa shape index (κ2) is 7.47. The molecule has 0 spiro atoms. The van der Waals surface area contributed by atoms with Crippen molar-refractivity contribution in [2.45, 2.75) is 25.8 Å². The molecule has 1 fully saturated rings. The number of likely N-dealkylation sites (N-methyl/N-ethyl adjacent to an activating group) is 1. The Morgan fingerprint density at radius 3 is 2.85 bits per heavy atom. The van der Waals surface area contributed by atoms with Gasteiger partial charge in [-0.25, -0.2) is 0 Å². The lowest BCUT2D eigenvalue weighted by atomic mass is 10.0. The summed E-state index contributed by atoms with van der Waals surface area (Å²) in [6.45, 7) is 3.00. The largest absolute Gasteiger partial charge is 0.364 e. The van der Waals surface area contributed by atoms with Crippen LogP contribution in [0.4, 0.5) is 17.2 Å². The smallest absolute Gasteiger partial charge is 0.293 e. The molecular weight excluding hydrogens is 334 g/mol. The van der Waals surface area contributed by atoms with Gasteiger partial charge in [0.2, 0.25) is 0 Å². The molecule has 0 N–H and O–H groups in total. The Bertz CT molecular complexity index is 812. The Balaban J connectivity index is 1.85. The number of piperidine rings is 1. The summed E-state index contributed by atoms with van der Waals surface area (Å²) < 4.78 is 0. The van der Waals surface area contributed by atoms with Crippen molar-refractivity contribution in [2.24, 2.45) is 0 Å². The molecule has 0 radical (unpaired) electrons. The Hall–Kier alpha value is -3.03. The van der Waals surface area contributed by atoms with Crippen LogP contribution in [0.3, 0.4) is 0 Å². The molecule has 0 aliphatic carbocycles. The molecule has 1 aromatic heterocycles. The average molecular weight is 355 g/mol. The normalized spacial score (nSPS) is 17.0. The SMILES string of the molecule is CC(=O)c1ccc(N(C)C2CCCN(c3cccnn3)C2)c([N+](=O)[O-])c1. The molecule has 8 heteroatoms. The summed E-state index contributed by atoms with van der Waals surface area (Å²) in [5.74, 6) is 0.626. The number of ketones is 1. The lowest BCUT2D eigenvalue weighted by molar-refractivity contribution is -0.384. The Morgan fingerprint density at radius 1 is 1.38 bits per heavy atom. The van der Waals surface area contributed by atoms with Crippen molar-refractivity contribution in [3.8, 4) is 0 Å². The van der Waals surface area contributed by atoms with Gasteiger partial charge in [-0.3, -0.25) is 14.9 Å². The first kappa shape index (κ1) is 17.8. The highest BCUT2D eigenvalue weighted by Crippen LogP contribution is 2.32. The van der Waals surface area contributed by atoms with Crippen molar-refractivity contribution < 1.29 is 9.72 Å². The summed E-state index contributed by atoms with van der Waals surface area (Å²) in [6.07, 6.45) is 3.53. The van der Waals surface area contributed by atoms with E-state index in [2.05, 4.69) is 15.1 Å². The molecule has 1 aliphatic rings. The molecule has 0 bridgehead atoms. The van der Waals surface area contributed by atoms with Gasteiger partial charge in [0.05, 0.1) is 4.92 Å². The zero-order chi connectivity index (χ0) is 18.7. The number of hydrogen-bond donors (Lipinski definition) is 0. The molecule has 2 aromatic rings. The molecule has 1 aromatic carbocycles. The van der Waals surface area contributed by atoms with Gasteiger partial charge in [0.25, 0.3) is 5.69 Å². The summed E-state index contributed by atoms with van der Waals surface area (Å²) in [5, 5.41) is 19.6. The molecule has 1 saturated heterocycles. The first-order chi connectivity index (χ1) is 12.5. The maximum atomic E-state index is 11.5. The fourth-order valence-corrected chi connectivity index (χ4v) is 3.32. The highest BCUT2D eigenvalue weighted by molar-refractivity contribution is 5.95. The predicted octanol–water partition coefficient (Wildman–Crippen LogP) is 2.69. The van der Waals surface area contributed by atoms with Gasteiger partial charge in [-0.1, -0.05) is 0 Å².